The van der Waals surface area contributed by atoms with E-state index in [0.29, 0.717) is 73.6 Å². The Balaban J connectivity index is 1.12. The van der Waals surface area contributed by atoms with Crippen LogP contribution in [0.15, 0.2) is 79.1 Å². The van der Waals surface area contributed by atoms with E-state index in [1.54, 1.807) is 33.9 Å². The second-order valence-electron chi connectivity index (χ2n) is 11.6. The van der Waals surface area contributed by atoms with E-state index in [4.69, 9.17) is 19.6 Å². The highest BCUT2D eigenvalue weighted by atomic mass is 16.5. The molecule has 0 unspecified atom stereocenters. The number of hydrogen-bond donors (Lipinski definition) is 2. The number of imidazole rings is 1. The maximum Gasteiger partial charge on any atom is 0.255 e. The topological polar surface area (TPSA) is 123 Å². The van der Waals surface area contributed by atoms with Crippen molar-refractivity contribution in [3.8, 4) is 11.4 Å². The molecule has 2 saturated heterocycles. The van der Waals surface area contributed by atoms with Crippen LogP contribution in [0, 0.1) is 6.92 Å². The molecule has 2 amide bonds. The molecule has 0 spiro atoms. The van der Waals surface area contributed by atoms with E-state index in [1.165, 1.54) is 0 Å². The largest absolute Gasteiger partial charge is 0.379 e. The number of aromatic nitrogens is 4. The lowest BCUT2D eigenvalue weighted by Gasteiger charge is -2.38. The Morgan fingerprint density at radius 2 is 1.64 bits per heavy atom. The maximum atomic E-state index is 13.2. The highest BCUT2D eigenvalue weighted by Crippen LogP contribution is 2.32. The minimum absolute atomic E-state index is 0.00943. The van der Waals surface area contributed by atoms with Crippen LogP contribution >= 0.6 is 0 Å². The zero-order chi connectivity index (χ0) is 31.0. The van der Waals surface area contributed by atoms with Crippen LogP contribution in [0.1, 0.15) is 38.8 Å². The number of hydrogen-bond acceptors (Lipinski definition) is 8. The highest BCUT2D eigenvalue weighted by Gasteiger charge is 2.35. The van der Waals surface area contributed by atoms with E-state index in [-0.39, 0.29) is 17.2 Å². The molecule has 7 rings (SSSR count). The zero-order valence-corrected chi connectivity index (χ0v) is 25.1. The number of ether oxygens (including phenoxy) is 2. The summed E-state index contributed by atoms with van der Waals surface area (Å²) >= 11 is 0. The number of morpholine rings is 1. The number of nitrogens with zero attached hydrogens (tertiary/aromatic N) is 5. The molecular weight excluding hydrogens is 570 g/mol. The van der Waals surface area contributed by atoms with Gasteiger partial charge >= 0.3 is 0 Å². The number of carbonyl (C=O) groups is 2. The maximum absolute atomic E-state index is 13.2. The van der Waals surface area contributed by atoms with Gasteiger partial charge in [-0.15, -0.1) is 5.10 Å². The summed E-state index contributed by atoms with van der Waals surface area (Å²) in [5.41, 5.74) is 5.95. The van der Waals surface area contributed by atoms with Crippen molar-refractivity contribution in [3.05, 3.63) is 101 Å². The van der Waals surface area contributed by atoms with Crippen LogP contribution in [0.4, 0.5) is 17.2 Å². The molecule has 0 atom stereocenters. The molecule has 0 radical (unpaired) electrons. The number of benzene rings is 3. The van der Waals surface area contributed by atoms with E-state index in [1.807, 2.05) is 61.5 Å². The molecule has 2 fully saturated rings. The Bertz CT molecular complexity index is 1880. The van der Waals surface area contributed by atoms with Gasteiger partial charge in [0.25, 0.3) is 11.8 Å². The first-order valence-electron chi connectivity index (χ1n) is 14.9. The molecule has 45 heavy (non-hydrogen) atoms. The van der Waals surface area contributed by atoms with Gasteiger partial charge in [0.1, 0.15) is 0 Å². The van der Waals surface area contributed by atoms with Crippen molar-refractivity contribution in [1.82, 2.24) is 24.5 Å². The van der Waals surface area contributed by atoms with Crippen molar-refractivity contribution in [3.63, 3.8) is 0 Å². The van der Waals surface area contributed by atoms with Gasteiger partial charge in [-0.3, -0.25) is 9.59 Å². The predicted octanol–water partition coefficient (Wildman–Crippen LogP) is 4.86. The van der Waals surface area contributed by atoms with Gasteiger partial charge in [-0.2, -0.15) is 0 Å². The quantitative estimate of drug-likeness (QED) is 0.271. The molecule has 5 aromatic rings. The van der Waals surface area contributed by atoms with Crippen LogP contribution in [0.3, 0.4) is 0 Å². The fourth-order valence-corrected chi connectivity index (χ4v) is 5.61. The van der Waals surface area contributed by atoms with Crippen molar-refractivity contribution in [2.45, 2.75) is 19.3 Å². The van der Waals surface area contributed by atoms with Gasteiger partial charge in [0.15, 0.2) is 17.3 Å². The molecule has 2 aliphatic heterocycles. The second-order valence-corrected chi connectivity index (χ2v) is 11.6. The van der Waals surface area contributed by atoms with Crippen molar-refractivity contribution < 1.29 is 19.1 Å². The molecule has 11 nitrogen and oxygen atoms in total. The van der Waals surface area contributed by atoms with Crippen molar-refractivity contribution in [2.75, 3.05) is 50.2 Å². The molecule has 2 aromatic heterocycles. The van der Waals surface area contributed by atoms with E-state index >= 15 is 0 Å². The van der Waals surface area contributed by atoms with Gasteiger partial charge in [-0.25, -0.2) is 14.5 Å². The van der Waals surface area contributed by atoms with Gasteiger partial charge in [0.2, 0.25) is 0 Å². The lowest BCUT2D eigenvalue weighted by Crippen LogP contribution is -2.43. The Morgan fingerprint density at radius 3 is 2.36 bits per heavy atom. The Kier molecular flexibility index (Phi) is 7.48. The van der Waals surface area contributed by atoms with Gasteiger partial charge in [0, 0.05) is 59.0 Å². The Labute approximate surface area is 260 Å². The molecule has 4 heterocycles. The summed E-state index contributed by atoms with van der Waals surface area (Å²) in [5.74, 6) is 0.774. The molecule has 3 aromatic carbocycles. The number of fused-ring (bicyclic) bond motifs is 1. The molecule has 2 N–H and O–H groups in total. The van der Waals surface area contributed by atoms with Crippen LogP contribution in [0.5, 0.6) is 0 Å². The van der Waals surface area contributed by atoms with E-state index < -0.39 is 0 Å². The molecule has 11 heteroatoms. The van der Waals surface area contributed by atoms with E-state index in [0.717, 1.165) is 22.4 Å². The Morgan fingerprint density at radius 1 is 0.911 bits per heavy atom. The summed E-state index contributed by atoms with van der Waals surface area (Å²) in [5, 5.41) is 11.1. The number of carbonyl (C=O) groups excluding carboxylic acids is 2. The fraction of sp³-hybridized carbons (Fsp3) is 0.265. The zero-order valence-electron chi connectivity index (χ0n) is 25.1. The second kappa shape index (κ2) is 11.8. The van der Waals surface area contributed by atoms with E-state index in [2.05, 4.69) is 22.5 Å². The first-order chi connectivity index (χ1) is 21.9. The van der Waals surface area contributed by atoms with Gasteiger partial charge in [-0.1, -0.05) is 31.2 Å². The summed E-state index contributed by atoms with van der Waals surface area (Å²) in [6.45, 7) is 7.77. The van der Waals surface area contributed by atoms with Crippen molar-refractivity contribution in [2.24, 2.45) is 0 Å². The van der Waals surface area contributed by atoms with Crippen LogP contribution in [-0.4, -0.2) is 75.8 Å². The number of rotatable bonds is 7. The van der Waals surface area contributed by atoms with Crippen LogP contribution in [0.25, 0.3) is 17.0 Å². The van der Waals surface area contributed by atoms with Crippen LogP contribution in [-0.2, 0) is 14.9 Å². The third kappa shape index (κ3) is 5.63. The molecule has 0 bridgehead atoms. The average molecular weight is 604 g/mol. The highest BCUT2D eigenvalue weighted by molar-refractivity contribution is 6.05. The molecular formula is C34H33N7O4. The lowest BCUT2D eigenvalue weighted by molar-refractivity contribution is -0.0500. The van der Waals surface area contributed by atoms with E-state index in [9.17, 15) is 9.59 Å². The van der Waals surface area contributed by atoms with Crippen LogP contribution < -0.4 is 10.6 Å². The third-order valence-corrected chi connectivity index (χ3v) is 8.45. The standard InChI is InChI=1S/C34H33N7O4/c1-22-27(4-3-5-28(22)37-32(42)23-6-10-25(11-7-23)34(2)20-45-21-34)29-38-30(31-35-14-15-41(31)39-29)36-26-12-8-24(9-13-26)33(43)40-16-18-44-19-17-40/h3-15H,16-21H2,1-2H3,(H,37,42)(H,36,38,39). The van der Waals surface area contributed by atoms with Gasteiger partial charge in [-0.05, 0) is 60.5 Å². The molecule has 228 valence electrons. The molecule has 2 aliphatic rings. The fourth-order valence-electron chi connectivity index (χ4n) is 5.61. The summed E-state index contributed by atoms with van der Waals surface area (Å²) in [4.78, 5) is 37.1. The predicted molar refractivity (Wildman–Crippen MR) is 170 cm³/mol. The minimum Gasteiger partial charge on any atom is -0.379 e. The first kappa shape index (κ1) is 28.6. The number of nitrogens with one attached hydrogen (secondary N) is 2. The summed E-state index contributed by atoms with van der Waals surface area (Å²) < 4.78 is 12.4. The Hall–Kier alpha value is -5.13. The third-order valence-electron chi connectivity index (χ3n) is 8.45. The minimum atomic E-state index is -0.194. The summed E-state index contributed by atoms with van der Waals surface area (Å²) in [6.07, 6.45) is 3.42. The first-order valence-corrected chi connectivity index (χ1v) is 14.9. The average Bonchev–Trinajstić information content (AvgIpc) is 3.54. The van der Waals surface area contributed by atoms with Crippen molar-refractivity contribution in [1.29, 1.82) is 0 Å². The molecule has 0 aliphatic carbocycles. The monoisotopic (exact) mass is 603 g/mol. The normalized spacial score (nSPS) is 15.8. The summed E-state index contributed by atoms with van der Waals surface area (Å²) in [6, 6.07) is 20.7. The van der Waals surface area contributed by atoms with Gasteiger partial charge < -0.3 is 25.0 Å². The van der Waals surface area contributed by atoms with Crippen LogP contribution in [0.2, 0.25) is 0 Å². The number of amides is 2. The van der Waals surface area contributed by atoms with Gasteiger partial charge in [0.05, 0.1) is 26.4 Å². The number of anilines is 3. The smallest absolute Gasteiger partial charge is 0.255 e. The molecule has 0 saturated carbocycles. The SMILES string of the molecule is Cc1c(NC(=O)c2ccc(C3(C)COC3)cc2)cccc1-c1nc(Nc2ccc(C(=O)N3CCOCC3)cc2)c2nccn2n1. The summed E-state index contributed by atoms with van der Waals surface area (Å²) in [7, 11) is 0. The lowest BCUT2D eigenvalue weighted by atomic mass is 9.80. The van der Waals surface area contributed by atoms with Crippen molar-refractivity contribution >= 4 is 34.7 Å².